The molecule has 1 aromatic carbocycles. The lowest BCUT2D eigenvalue weighted by Gasteiger charge is -2.28. The van der Waals surface area contributed by atoms with Gasteiger partial charge in [0.25, 0.3) is 17.4 Å². The van der Waals surface area contributed by atoms with E-state index >= 15 is 0 Å². The second-order valence-electron chi connectivity index (χ2n) is 4.26. The van der Waals surface area contributed by atoms with E-state index in [1.54, 1.807) is 0 Å². The summed E-state index contributed by atoms with van der Waals surface area (Å²) in [5.41, 5.74) is -2.43. The van der Waals surface area contributed by atoms with Crippen LogP contribution >= 0.6 is 11.3 Å². The lowest BCUT2D eigenvalue weighted by atomic mass is 10.1. The lowest BCUT2D eigenvalue weighted by Crippen LogP contribution is -2.37. The van der Waals surface area contributed by atoms with Crippen LogP contribution in [0, 0.1) is 0 Å². The maximum absolute atomic E-state index is 13.4. The number of benzene rings is 1. The minimum atomic E-state index is -5.42. The molecule has 1 aromatic heterocycles. The second-order valence-corrected chi connectivity index (χ2v) is 6.96. The molecule has 1 aliphatic rings. The zero-order chi connectivity index (χ0) is 27.7. The number of hydrogen-bond acceptors (Lipinski definition) is 6. The largest absolute Gasteiger partial charge is 0.505 e. The van der Waals surface area contributed by atoms with Crippen LogP contribution in [0.3, 0.4) is 0 Å². The number of thiazole rings is 1. The SMILES string of the molecule is [2H]OC1=C(C(=O)N([2H])c2nc([2H])c(C([2H])([2H])C)s2)N(C([2H])([2H])[2H])S(=O)(=O)c2c([2H])c([2H])c([2H])c([2H])c21. The molecule has 7 nitrogen and oxygen atoms in total. The first-order chi connectivity index (χ1) is 16.3. The fourth-order valence-corrected chi connectivity index (χ4v) is 3.55. The van der Waals surface area contributed by atoms with Crippen LogP contribution in [0.1, 0.15) is 31.1 Å². The summed E-state index contributed by atoms with van der Waals surface area (Å²) in [6, 6.07) is -4.21. The van der Waals surface area contributed by atoms with Crippen LogP contribution in [0.4, 0.5) is 5.13 Å². The number of anilines is 1. The fourth-order valence-electron chi connectivity index (χ4n) is 1.79. The maximum atomic E-state index is 13.4. The molecule has 0 saturated heterocycles. The summed E-state index contributed by atoms with van der Waals surface area (Å²) in [6.07, 6.45) is -2.74. The third-order valence-corrected chi connectivity index (χ3v) is 5.22. The van der Waals surface area contributed by atoms with Gasteiger partial charge in [0, 0.05) is 30.4 Å². The van der Waals surface area contributed by atoms with Crippen LogP contribution < -0.4 is 5.31 Å². The summed E-state index contributed by atoms with van der Waals surface area (Å²) in [5, 5.41) is 3.58. The predicted molar refractivity (Wildman–Crippen MR) is 91.1 cm³/mol. The number of likely N-dealkylation sites (N-methyl/N-ethyl adjacent to an activating group) is 1. The van der Waals surface area contributed by atoms with Gasteiger partial charge in [-0.15, -0.1) is 11.3 Å². The lowest BCUT2D eigenvalue weighted by molar-refractivity contribution is -0.113. The van der Waals surface area contributed by atoms with Crippen LogP contribution in [-0.4, -0.2) is 35.7 Å². The van der Waals surface area contributed by atoms with E-state index in [-0.39, 0.29) is 10.2 Å². The molecule has 0 aliphatic carbocycles. The van der Waals surface area contributed by atoms with Crippen molar-refractivity contribution in [2.24, 2.45) is 0 Å². The van der Waals surface area contributed by atoms with Crippen LogP contribution in [0.2, 0.25) is 1.41 Å². The molecule has 0 radical (unpaired) electrons. The quantitative estimate of drug-likeness (QED) is 0.851. The Labute approximate surface area is 160 Å². The number of aryl methyl sites for hydroxylation is 1. The molecule has 1 amide bonds. The van der Waals surface area contributed by atoms with Gasteiger partial charge in [0.05, 0.1) is 11.7 Å². The monoisotopic (exact) mass is 377 g/mol. The number of nitrogens with zero attached hydrogens (tertiary/aromatic N) is 2. The number of amides is 1. The van der Waals surface area contributed by atoms with E-state index in [1.807, 2.05) is 0 Å². The molecular weight excluding hydrogens is 350 g/mol. The van der Waals surface area contributed by atoms with E-state index in [0.717, 1.165) is 6.92 Å². The topological polar surface area (TPSA) is 99.6 Å². The Balaban J connectivity index is 2.40. The highest BCUT2D eigenvalue weighted by molar-refractivity contribution is 7.89. The van der Waals surface area contributed by atoms with Gasteiger partial charge in [-0.3, -0.25) is 14.4 Å². The number of aliphatic hydroxyl groups is 1. The first kappa shape index (κ1) is 7.24. The Morgan fingerprint density at radius 2 is 2.42 bits per heavy atom. The molecule has 24 heavy (non-hydrogen) atoms. The molecule has 0 fully saturated rings. The summed E-state index contributed by atoms with van der Waals surface area (Å²) in [5.74, 6) is -2.94. The molecule has 1 aliphatic heterocycles. The first-order valence-corrected chi connectivity index (χ1v) is 8.38. The zero-order valence-corrected chi connectivity index (χ0v) is 13.4. The van der Waals surface area contributed by atoms with Crippen molar-refractivity contribution >= 4 is 38.2 Å². The number of aromatic nitrogens is 1. The number of aliphatic hydroxyl groups excluding tert-OH is 1. The van der Waals surface area contributed by atoms with Crippen molar-refractivity contribution in [2.45, 2.75) is 18.2 Å². The van der Waals surface area contributed by atoms with Crippen LogP contribution in [0.5, 0.6) is 0 Å². The third kappa shape index (κ3) is 2.55. The van der Waals surface area contributed by atoms with Gasteiger partial charge in [0.1, 0.15) is 0 Å². The summed E-state index contributed by atoms with van der Waals surface area (Å²) in [7, 11) is -5.42. The maximum Gasteiger partial charge on any atom is 0.293 e. The Morgan fingerprint density at radius 3 is 3.08 bits per heavy atom. The first-order valence-electron chi connectivity index (χ1n) is 12.0. The van der Waals surface area contributed by atoms with Crippen molar-refractivity contribution in [3.05, 3.63) is 46.5 Å². The van der Waals surface area contributed by atoms with Gasteiger partial charge in [-0.25, -0.2) is 13.4 Å². The normalized spacial score (nSPS) is 24.1. The zero-order valence-electron chi connectivity index (χ0n) is 23.8. The molecular formula is C15H15N3O4S2. The van der Waals surface area contributed by atoms with Crippen LogP contribution in [0.25, 0.3) is 7.19 Å². The molecule has 126 valence electrons. The van der Waals surface area contributed by atoms with Crippen molar-refractivity contribution < 1.29 is 33.4 Å². The highest BCUT2D eigenvalue weighted by Crippen LogP contribution is 2.34. The van der Waals surface area contributed by atoms with E-state index in [9.17, 15) is 13.2 Å². The van der Waals surface area contributed by atoms with Gasteiger partial charge in [0.15, 0.2) is 18.0 Å². The average molecular weight is 378 g/mol. The van der Waals surface area contributed by atoms with Gasteiger partial charge >= 0.3 is 0 Å². The van der Waals surface area contributed by atoms with Crippen LogP contribution in [0.15, 0.2) is 40.9 Å². The highest BCUT2D eigenvalue weighted by atomic mass is 32.2. The third-order valence-electron chi connectivity index (χ3n) is 2.87. The van der Waals surface area contributed by atoms with E-state index in [2.05, 4.69) is 10.1 Å². The number of fused-ring (bicyclic) bond motifs is 1. The van der Waals surface area contributed by atoms with Crippen molar-refractivity contribution in [1.29, 1.82) is 1.43 Å². The Morgan fingerprint density at radius 1 is 1.62 bits per heavy atom. The standard InChI is InChI=1S/C15H15N3O4S2/c1-3-9-8-16-15(23-9)17-14(20)12-13(19)10-6-4-5-7-11(10)24(21,22)18(12)2/h4-8,19H,3H2,1-2H3,(H,16,17,20)/i2D3,3D2,4D,5D,6D,7D,8D/hD2. The van der Waals surface area contributed by atoms with E-state index < -0.39 is 91.0 Å². The van der Waals surface area contributed by atoms with Crippen molar-refractivity contribution in [2.75, 3.05) is 12.3 Å². The molecule has 0 bridgehead atoms. The van der Waals surface area contributed by atoms with Gasteiger partial charge in [-0.2, -0.15) is 0 Å². The molecule has 0 atom stereocenters. The number of sulfonamides is 1. The molecule has 0 spiro atoms. The number of carbonyl (C=O) groups excluding carboxylic acids is 1. The Hall–Kier alpha value is -2.39. The van der Waals surface area contributed by atoms with E-state index in [1.165, 1.54) is 0 Å². The predicted octanol–water partition coefficient (Wildman–Crippen LogP) is 2.20. The van der Waals surface area contributed by atoms with Crippen molar-refractivity contribution in [1.82, 2.24) is 9.29 Å². The number of carbonyl (C=O) groups is 1. The molecule has 2 N–H and O–H groups in total. The summed E-state index contributed by atoms with van der Waals surface area (Å²) in [6.45, 7) is -2.61. The smallest absolute Gasteiger partial charge is 0.293 e. The summed E-state index contributed by atoms with van der Waals surface area (Å²) >= 11 is 0.383. The van der Waals surface area contributed by atoms with E-state index in [0.29, 0.717) is 11.3 Å². The minimum absolute atomic E-state index is 0.128. The highest BCUT2D eigenvalue weighted by Gasteiger charge is 2.37. The summed E-state index contributed by atoms with van der Waals surface area (Å²) in [4.78, 5) is 15.4. The molecule has 2 aromatic rings. The molecule has 3 rings (SSSR count). The average Bonchev–Trinajstić information content (AvgIpc) is 3.14. The van der Waals surface area contributed by atoms with Crippen LogP contribution in [-0.2, 0) is 21.2 Å². The van der Waals surface area contributed by atoms with E-state index in [4.69, 9.17) is 16.6 Å². The Bertz CT molecular complexity index is 1410. The number of hydrogen-bond donors (Lipinski definition) is 2. The number of rotatable bonds is 4. The van der Waals surface area contributed by atoms with Gasteiger partial charge in [-0.05, 0) is 18.5 Å². The van der Waals surface area contributed by atoms with Gasteiger partial charge in [0.2, 0.25) is 0 Å². The molecule has 9 heteroatoms. The molecule has 0 saturated carbocycles. The minimum Gasteiger partial charge on any atom is -0.505 e. The van der Waals surface area contributed by atoms with Crippen molar-refractivity contribution in [3.63, 3.8) is 0 Å². The second kappa shape index (κ2) is 5.91. The number of nitrogens with one attached hydrogen (secondary N) is 1. The van der Waals surface area contributed by atoms with Crippen molar-refractivity contribution in [3.8, 4) is 0 Å². The molecule has 2 heterocycles. The fraction of sp³-hybridized carbons (Fsp3) is 0.200. The van der Waals surface area contributed by atoms with Gasteiger partial charge < -0.3 is 5.11 Å². The summed E-state index contributed by atoms with van der Waals surface area (Å²) < 4.78 is 120. The Kier molecular flexibility index (Phi) is 1.78. The molecule has 0 unspecified atom stereocenters. The van der Waals surface area contributed by atoms with Gasteiger partial charge in [-0.1, -0.05) is 19.0 Å².